The molecule has 4 rings (SSSR count). The smallest absolute Gasteiger partial charge is 0.349 e. The molecule has 2 aliphatic rings. The lowest BCUT2D eigenvalue weighted by Gasteiger charge is -2.37. The minimum Gasteiger partial charge on any atom is -0.349 e. The highest BCUT2D eigenvalue weighted by Crippen LogP contribution is 2.40. The van der Waals surface area contributed by atoms with Crippen molar-refractivity contribution < 1.29 is 22.0 Å². The van der Waals surface area contributed by atoms with Crippen LogP contribution < -0.4 is 15.9 Å². The Morgan fingerprint density at radius 2 is 1.83 bits per heavy atom. The second kappa shape index (κ2) is 7.29. The van der Waals surface area contributed by atoms with Crippen LogP contribution in [-0.4, -0.2) is 33.0 Å². The van der Waals surface area contributed by atoms with Gasteiger partial charge in [0, 0.05) is 44.6 Å². The van der Waals surface area contributed by atoms with Crippen molar-refractivity contribution in [3.8, 4) is 0 Å². The van der Waals surface area contributed by atoms with Crippen LogP contribution in [0.15, 0.2) is 49.1 Å². The minimum atomic E-state index is -4.58. The summed E-state index contributed by atoms with van der Waals surface area (Å²) in [6.07, 6.45) is -1.17. The summed E-state index contributed by atoms with van der Waals surface area (Å²) >= 11 is 0. The van der Waals surface area contributed by atoms with E-state index in [1.165, 1.54) is 0 Å². The Morgan fingerprint density at radius 1 is 1.13 bits per heavy atom. The first-order valence-electron chi connectivity index (χ1n) is 9.03. The number of aromatic nitrogens is 2. The predicted molar refractivity (Wildman–Crippen MR) is 98.9 cm³/mol. The molecule has 1 aliphatic heterocycles. The van der Waals surface area contributed by atoms with Crippen molar-refractivity contribution in [2.24, 2.45) is 0 Å². The van der Waals surface area contributed by atoms with Crippen molar-refractivity contribution in [2.45, 2.75) is 37.0 Å². The largest absolute Gasteiger partial charge is 0.419 e. The Morgan fingerprint density at radius 3 is 2.50 bits per heavy atom. The van der Waals surface area contributed by atoms with Crippen LogP contribution in [0.5, 0.6) is 0 Å². The van der Waals surface area contributed by atoms with Crippen molar-refractivity contribution in [1.82, 2.24) is 20.4 Å². The number of hydrogen-bond acceptors (Lipinski definition) is 6. The minimum absolute atomic E-state index is 0.155. The molecule has 1 saturated carbocycles. The van der Waals surface area contributed by atoms with E-state index in [9.17, 15) is 22.0 Å². The molecule has 0 bridgehead atoms. The third-order valence-electron chi connectivity index (χ3n) is 4.94. The summed E-state index contributed by atoms with van der Waals surface area (Å²) in [5, 5.41) is 5.88. The quantitative estimate of drug-likeness (QED) is 0.728. The highest BCUT2D eigenvalue weighted by atomic mass is 19.4. The van der Waals surface area contributed by atoms with Crippen LogP contribution in [0.2, 0.25) is 0 Å². The molecule has 1 aliphatic carbocycles. The number of benzene rings is 1. The summed E-state index contributed by atoms with van der Waals surface area (Å²) in [4.78, 5) is 7.27. The Hall–Kier alpha value is -3.11. The van der Waals surface area contributed by atoms with E-state index < -0.39 is 42.6 Å². The molecule has 0 saturated heterocycles. The molecule has 1 aromatic carbocycles. The van der Waals surface area contributed by atoms with Gasteiger partial charge in [0.05, 0.1) is 23.3 Å². The number of nitrogens with one attached hydrogen (secondary N) is 2. The number of nitrogens with zero attached hydrogens (tertiary/aromatic N) is 4. The molecule has 2 heterocycles. The molecule has 0 amide bonds. The van der Waals surface area contributed by atoms with Gasteiger partial charge in [0.25, 0.3) is 5.92 Å². The molecule has 0 spiro atoms. The zero-order chi connectivity index (χ0) is 21.5. The highest BCUT2D eigenvalue weighted by Gasteiger charge is 2.50. The molecule has 2 aromatic rings. The molecule has 2 atom stereocenters. The Balaban J connectivity index is 1.57. The molecular formula is C19H17F5N6. The third kappa shape index (κ3) is 3.96. The lowest BCUT2D eigenvalue weighted by atomic mass is 10.1. The topological polar surface area (TPSA) is 56.3 Å². The lowest BCUT2D eigenvalue weighted by Crippen LogP contribution is -2.51. The number of anilines is 2. The molecule has 2 radical (unpaired) electrons. The van der Waals surface area contributed by atoms with Crippen molar-refractivity contribution in [1.29, 1.82) is 0 Å². The molecule has 1 fully saturated rings. The van der Waals surface area contributed by atoms with Gasteiger partial charge in [-0.3, -0.25) is 10.4 Å². The summed E-state index contributed by atoms with van der Waals surface area (Å²) in [6, 6.07) is 5.37. The number of para-hydroxylation sites is 1. The normalized spacial score (nSPS) is 23.0. The van der Waals surface area contributed by atoms with Crippen LogP contribution in [0.3, 0.4) is 0 Å². The van der Waals surface area contributed by atoms with Gasteiger partial charge in [-0.25, -0.2) is 18.7 Å². The van der Waals surface area contributed by atoms with E-state index >= 15 is 0 Å². The van der Waals surface area contributed by atoms with E-state index in [-0.39, 0.29) is 5.95 Å². The van der Waals surface area contributed by atoms with E-state index in [1.807, 2.05) is 0 Å². The first-order chi connectivity index (χ1) is 14.1. The molecule has 30 heavy (non-hydrogen) atoms. The third-order valence-corrected chi connectivity index (χ3v) is 4.94. The maximum Gasteiger partial charge on any atom is 0.419 e. The van der Waals surface area contributed by atoms with Gasteiger partial charge in [0.2, 0.25) is 5.95 Å². The van der Waals surface area contributed by atoms with Crippen LogP contribution in [0.4, 0.5) is 33.6 Å². The molecule has 2 unspecified atom stereocenters. The maximum absolute atomic E-state index is 14.3. The van der Waals surface area contributed by atoms with Gasteiger partial charge in [0.1, 0.15) is 0 Å². The molecule has 2 N–H and O–H groups in total. The van der Waals surface area contributed by atoms with Crippen molar-refractivity contribution in [2.75, 3.05) is 10.4 Å². The average Bonchev–Trinajstić information content (AvgIpc) is 3.25. The molecular weight excluding hydrogens is 407 g/mol. The molecule has 158 valence electrons. The molecule has 1 aromatic heterocycles. The van der Waals surface area contributed by atoms with Gasteiger partial charge in [-0.05, 0) is 11.6 Å². The maximum atomic E-state index is 14.3. The van der Waals surface area contributed by atoms with Crippen LogP contribution in [0.25, 0.3) is 0 Å². The molecule has 6 nitrogen and oxygen atoms in total. The van der Waals surface area contributed by atoms with Crippen molar-refractivity contribution in [3.05, 3.63) is 67.1 Å². The lowest BCUT2D eigenvalue weighted by molar-refractivity contribution is -0.138. The zero-order valence-corrected chi connectivity index (χ0v) is 15.4. The summed E-state index contributed by atoms with van der Waals surface area (Å²) in [6.45, 7) is 6.01. The number of hydrogen-bond donors (Lipinski definition) is 2. The fourth-order valence-electron chi connectivity index (χ4n) is 3.58. The first kappa shape index (κ1) is 20.2. The van der Waals surface area contributed by atoms with Gasteiger partial charge in [-0.1, -0.05) is 18.2 Å². The summed E-state index contributed by atoms with van der Waals surface area (Å²) in [5.74, 6) is -3.13. The number of rotatable bonds is 4. The van der Waals surface area contributed by atoms with E-state index in [2.05, 4.69) is 20.7 Å². The Kier molecular flexibility index (Phi) is 4.91. The SMILES string of the molecule is [CH]c1ccccc1N1NC=CN1C1CC(F)(F)CC1Nc1ncc(C(F)(F)F)cn1. The average molecular weight is 424 g/mol. The Labute approximate surface area is 169 Å². The zero-order valence-electron chi connectivity index (χ0n) is 15.4. The number of alkyl halides is 5. The Bertz CT molecular complexity index is 930. The van der Waals surface area contributed by atoms with Crippen LogP contribution in [0.1, 0.15) is 24.0 Å². The standard InChI is InChI=1S/C19H17F5N6/c1-12-4-2-3-5-15(12)30-27-6-7-29(30)16-9-18(20,21)8-14(16)28-17-25-10-13(11-26-17)19(22,23)24/h1-7,10-11,14,16,27H,8-9H2,(H,25,26,28). The number of hydrazine groups is 2. The second-order valence-corrected chi connectivity index (χ2v) is 7.07. The highest BCUT2D eigenvalue weighted by molar-refractivity contribution is 5.54. The van der Waals surface area contributed by atoms with Crippen LogP contribution >= 0.6 is 0 Å². The summed E-state index contributed by atoms with van der Waals surface area (Å²) < 4.78 is 66.7. The van der Waals surface area contributed by atoms with Gasteiger partial charge >= 0.3 is 6.18 Å². The van der Waals surface area contributed by atoms with Gasteiger partial charge < -0.3 is 5.32 Å². The van der Waals surface area contributed by atoms with E-state index in [4.69, 9.17) is 6.92 Å². The van der Waals surface area contributed by atoms with Gasteiger partial charge in [-0.15, -0.1) is 0 Å². The van der Waals surface area contributed by atoms with Crippen LogP contribution in [0, 0.1) is 6.92 Å². The summed E-state index contributed by atoms with van der Waals surface area (Å²) in [5.41, 5.74) is 2.95. The monoisotopic (exact) mass is 424 g/mol. The first-order valence-corrected chi connectivity index (χ1v) is 9.03. The number of halogens is 5. The fourth-order valence-corrected chi connectivity index (χ4v) is 3.58. The molecule has 11 heteroatoms. The van der Waals surface area contributed by atoms with Crippen molar-refractivity contribution >= 4 is 11.6 Å². The van der Waals surface area contributed by atoms with Crippen LogP contribution in [-0.2, 0) is 6.18 Å². The van der Waals surface area contributed by atoms with E-state index in [0.717, 1.165) is 0 Å². The fraction of sp³-hybridized carbons (Fsp3) is 0.316. The van der Waals surface area contributed by atoms with Gasteiger partial charge in [0.15, 0.2) is 0 Å². The van der Waals surface area contributed by atoms with E-state index in [1.54, 1.807) is 46.8 Å². The van der Waals surface area contributed by atoms with E-state index in [0.29, 0.717) is 23.6 Å². The predicted octanol–water partition coefficient (Wildman–Crippen LogP) is 3.85. The van der Waals surface area contributed by atoms with Crippen molar-refractivity contribution in [3.63, 3.8) is 0 Å². The summed E-state index contributed by atoms with van der Waals surface area (Å²) in [7, 11) is 0. The second-order valence-electron chi connectivity index (χ2n) is 7.07. The van der Waals surface area contributed by atoms with Gasteiger partial charge in [-0.2, -0.15) is 18.3 Å².